The molecule has 0 nitrogen and oxygen atoms in total. The second-order valence-electron chi connectivity index (χ2n) is 3.02. The Morgan fingerprint density at radius 2 is 1.00 bits per heavy atom. The van der Waals surface area contributed by atoms with E-state index in [0.29, 0.717) is 0 Å². The Labute approximate surface area is 94.5 Å². The van der Waals surface area contributed by atoms with Crippen molar-refractivity contribution in [1.29, 1.82) is 0 Å². The van der Waals surface area contributed by atoms with Gasteiger partial charge in [-0.25, -0.2) is 0 Å². The first-order valence-corrected chi connectivity index (χ1v) is 5.26. The molecule has 0 saturated carbocycles. The van der Waals surface area contributed by atoms with Crippen LogP contribution in [-0.2, 0) is 18.7 Å². The maximum absolute atomic E-state index is 3.32. The molecule has 0 atom stereocenters. The van der Waals surface area contributed by atoms with Crippen molar-refractivity contribution in [3.63, 3.8) is 0 Å². The second kappa shape index (κ2) is 4.46. The van der Waals surface area contributed by atoms with Crippen molar-refractivity contribution in [2.75, 3.05) is 0 Å². The fraction of sp³-hybridized carbons (Fsp3) is 0. The van der Waals surface area contributed by atoms with Crippen LogP contribution in [0.4, 0.5) is 0 Å². The van der Waals surface area contributed by atoms with Crippen molar-refractivity contribution >= 4 is 3.98 Å². The molecule has 0 fully saturated rings. The van der Waals surface area contributed by atoms with E-state index in [4.69, 9.17) is 0 Å². The van der Waals surface area contributed by atoms with Crippen LogP contribution in [0.15, 0.2) is 60.7 Å². The fourth-order valence-corrected chi connectivity index (χ4v) is 1.83. The summed E-state index contributed by atoms with van der Waals surface area (Å²) in [6.07, 6.45) is 0. The summed E-state index contributed by atoms with van der Waals surface area (Å²) in [6.45, 7) is 0. The Morgan fingerprint density at radius 1 is 0.643 bits per heavy atom. The van der Waals surface area contributed by atoms with E-state index < -0.39 is 0 Å². The van der Waals surface area contributed by atoms with Crippen LogP contribution in [0, 0.1) is 0 Å². The summed E-state index contributed by atoms with van der Waals surface area (Å²) in [5.74, 6) is 0. The monoisotopic (exact) mass is 272 g/mol. The average Bonchev–Trinajstić information content (AvgIpc) is 2.30. The van der Waals surface area contributed by atoms with Gasteiger partial charge in [-0.1, -0.05) is 0 Å². The molecule has 2 rings (SSSR count). The standard InChI is InChI=1S/C13H10.Pd/c1-3-7-12(8-4-1)11-13-9-5-2-6-10-13;/h1-10H;. The van der Waals surface area contributed by atoms with Gasteiger partial charge < -0.3 is 0 Å². The Hall–Kier alpha value is -1.03. The van der Waals surface area contributed by atoms with Gasteiger partial charge in [-0.3, -0.25) is 0 Å². The van der Waals surface area contributed by atoms with Crippen LogP contribution in [0.1, 0.15) is 11.1 Å². The van der Waals surface area contributed by atoms with E-state index in [2.05, 4.69) is 43.0 Å². The fourth-order valence-electron chi connectivity index (χ4n) is 1.32. The normalized spacial score (nSPS) is 9.86. The minimum atomic E-state index is 1.18. The Balaban J connectivity index is 2.35. The van der Waals surface area contributed by atoms with E-state index >= 15 is 0 Å². The molecule has 0 aliphatic rings. The minimum absolute atomic E-state index is 1.18. The first kappa shape index (κ1) is 9.52. The third-order valence-corrected chi connectivity index (χ3v) is 2.92. The van der Waals surface area contributed by atoms with Crippen molar-refractivity contribution in [3.05, 3.63) is 71.8 Å². The topological polar surface area (TPSA) is 0 Å². The van der Waals surface area contributed by atoms with E-state index in [1.54, 1.807) is 0 Å². The van der Waals surface area contributed by atoms with Crippen LogP contribution in [-0.4, -0.2) is 3.98 Å². The van der Waals surface area contributed by atoms with Crippen molar-refractivity contribution in [3.8, 4) is 0 Å². The van der Waals surface area contributed by atoms with Gasteiger partial charge in [0.05, 0.1) is 0 Å². The molecule has 0 N–H and O–H groups in total. The molecule has 2 aromatic carbocycles. The summed E-state index contributed by atoms with van der Waals surface area (Å²) in [4.78, 5) is 0. The van der Waals surface area contributed by atoms with Crippen LogP contribution >= 0.6 is 0 Å². The predicted molar refractivity (Wildman–Crippen MR) is 56.1 cm³/mol. The van der Waals surface area contributed by atoms with Gasteiger partial charge in [0.25, 0.3) is 0 Å². The molecule has 1 heteroatoms. The first-order chi connectivity index (χ1) is 6.88. The zero-order chi connectivity index (χ0) is 9.80. The molecule has 0 aliphatic carbocycles. The summed E-state index contributed by atoms with van der Waals surface area (Å²) in [5.41, 5.74) is 2.45. The Kier molecular flexibility index (Phi) is 3.04. The summed E-state index contributed by atoms with van der Waals surface area (Å²) in [6, 6.07) is 20.7. The molecule has 0 radical (unpaired) electrons. The molecule has 72 valence electrons. The molecule has 0 spiro atoms. The Morgan fingerprint density at radius 3 is 1.36 bits per heavy atom. The number of rotatable bonds is 2. The molecule has 0 saturated heterocycles. The third kappa shape index (κ3) is 2.07. The van der Waals surface area contributed by atoms with Gasteiger partial charge in [0, 0.05) is 0 Å². The molecule has 14 heavy (non-hydrogen) atoms. The number of benzene rings is 2. The maximum atomic E-state index is 3.32. The predicted octanol–water partition coefficient (Wildman–Crippen LogP) is 2.80. The third-order valence-electron chi connectivity index (χ3n) is 2.02. The van der Waals surface area contributed by atoms with E-state index in [0.717, 1.165) is 0 Å². The molecule has 2 aromatic rings. The molecular formula is C13H10Pd. The SMILES string of the molecule is [Pd]=[C](c1ccccc1)c1ccccc1. The van der Waals surface area contributed by atoms with Gasteiger partial charge in [0.2, 0.25) is 0 Å². The van der Waals surface area contributed by atoms with Crippen molar-refractivity contribution < 1.29 is 18.7 Å². The molecular weight excluding hydrogens is 263 g/mol. The van der Waals surface area contributed by atoms with Crippen molar-refractivity contribution in [1.82, 2.24) is 0 Å². The number of hydrogen-bond acceptors (Lipinski definition) is 0. The molecule has 0 bridgehead atoms. The summed E-state index contributed by atoms with van der Waals surface area (Å²) < 4.78 is 1.18. The van der Waals surface area contributed by atoms with Crippen LogP contribution in [0.2, 0.25) is 0 Å². The molecule has 0 aromatic heterocycles. The molecule has 0 unspecified atom stereocenters. The van der Waals surface area contributed by atoms with Crippen molar-refractivity contribution in [2.24, 2.45) is 0 Å². The van der Waals surface area contributed by atoms with Gasteiger partial charge >= 0.3 is 94.5 Å². The summed E-state index contributed by atoms with van der Waals surface area (Å²) >= 11 is 3.32. The second-order valence-corrected chi connectivity index (χ2v) is 3.79. The first-order valence-electron chi connectivity index (χ1n) is 4.48. The Bertz CT molecular complexity index is 376. The molecule has 0 aliphatic heterocycles. The molecule has 0 amide bonds. The summed E-state index contributed by atoms with van der Waals surface area (Å²) in [5, 5.41) is 0. The molecule has 0 heterocycles. The van der Waals surface area contributed by atoms with Crippen LogP contribution in [0.25, 0.3) is 0 Å². The zero-order valence-corrected chi connectivity index (χ0v) is 9.14. The quantitative estimate of drug-likeness (QED) is 0.738. The van der Waals surface area contributed by atoms with Crippen LogP contribution in [0.5, 0.6) is 0 Å². The van der Waals surface area contributed by atoms with E-state index in [9.17, 15) is 0 Å². The van der Waals surface area contributed by atoms with Gasteiger partial charge in [-0.2, -0.15) is 0 Å². The van der Waals surface area contributed by atoms with Crippen molar-refractivity contribution in [2.45, 2.75) is 0 Å². The van der Waals surface area contributed by atoms with Crippen LogP contribution in [0.3, 0.4) is 0 Å². The van der Waals surface area contributed by atoms with Gasteiger partial charge in [-0.15, -0.1) is 0 Å². The van der Waals surface area contributed by atoms with Gasteiger partial charge in [-0.05, 0) is 0 Å². The number of hydrogen-bond donors (Lipinski definition) is 0. The van der Waals surface area contributed by atoms with E-state index in [1.165, 1.54) is 15.1 Å². The van der Waals surface area contributed by atoms with Crippen LogP contribution < -0.4 is 0 Å². The average molecular weight is 273 g/mol. The van der Waals surface area contributed by atoms with E-state index in [-0.39, 0.29) is 0 Å². The van der Waals surface area contributed by atoms with E-state index in [1.807, 2.05) is 36.4 Å². The zero-order valence-electron chi connectivity index (χ0n) is 7.59. The van der Waals surface area contributed by atoms with Gasteiger partial charge in [0.15, 0.2) is 0 Å². The summed E-state index contributed by atoms with van der Waals surface area (Å²) in [7, 11) is 0. The van der Waals surface area contributed by atoms with Gasteiger partial charge in [0.1, 0.15) is 0 Å².